The maximum Gasteiger partial charge on any atom is 0.129 e. The lowest BCUT2D eigenvalue weighted by Gasteiger charge is -2.27. The lowest BCUT2D eigenvalue weighted by Crippen LogP contribution is -2.32. The van der Waals surface area contributed by atoms with Gasteiger partial charge in [0.2, 0.25) is 0 Å². The molecule has 1 fully saturated rings. The largest absolute Gasteiger partial charge is 0.329 e. The van der Waals surface area contributed by atoms with Gasteiger partial charge in [0.25, 0.3) is 0 Å². The Balaban J connectivity index is 2.23. The van der Waals surface area contributed by atoms with E-state index in [1.54, 1.807) is 12.1 Å². The zero-order chi connectivity index (χ0) is 13.3. The highest BCUT2D eigenvalue weighted by Gasteiger charge is 2.32. The van der Waals surface area contributed by atoms with Gasteiger partial charge < -0.3 is 5.73 Å². The fraction of sp³-hybridized carbons (Fsp3) is 0.571. The van der Waals surface area contributed by atoms with E-state index >= 15 is 0 Å². The van der Waals surface area contributed by atoms with Gasteiger partial charge in [-0.3, -0.25) is 4.90 Å². The lowest BCUT2D eigenvalue weighted by molar-refractivity contribution is 0.235. The number of hydrogen-bond acceptors (Lipinski definition) is 2. The van der Waals surface area contributed by atoms with Crippen molar-refractivity contribution in [2.75, 3.05) is 19.6 Å². The highest BCUT2D eigenvalue weighted by molar-refractivity contribution is 6.30. The minimum atomic E-state index is -0.259. The summed E-state index contributed by atoms with van der Waals surface area (Å²) in [6.45, 7) is 6.85. The molecule has 1 heterocycles. The van der Waals surface area contributed by atoms with Gasteiger partial charge in [-0.15, -0.1) is 0 Å². The fourth-order valence-corrected chi connectivity index (χ4v) is 2.83. The van der Waals surface area contributed by atoms with Crippen LogP contribution in [-0.4, -0.2) is 24.5 Å². The van der Waals surface area contributed by atoms with Gasteiger partial charge in [-0.05, 0) is 24.0 Å². The van der Waals surface area contributed by atoms with Crippen molar-refractivity contribution < 1.29 is 4.39 Å². The molecule has 0 saturated carbocycles. The van der Waals surface area contributed by atoms with Crippen molar-refractivity contribution in [2.45, 2.75) is 19.9 Å². The molecule has 0 radical (unpaired) electrons. The molecule has 2 nitrogen and oxygen atoms in total. The summed E-state index contributed by atoms with van der Waals surface area (Å²) >= 11 is 5.79. The highest BCUT2D eigenvalue weighted by atomic mass is 35.5. The van der Waals surface area contributed by atoms with Crippen LogP contribution in [0.3, 0.4) is 0 Å². The van der Waals surface area contributed by atoms with Gasteiger partial charge >= 0.3 is 0 Å². The van der Waals surface area contributed by atoms with Crippen LogP contribution in [0.1, 0.15) is 25.5 Å². The van der Waals surface area contributed by atoms with E-state index in [0.29, 0.717) is 29.0 Å². The summed E-state index contributed by atoms with van der Waals surface area (Å²) in [7, 11) is 0. The second-order valence-corrected chi connectivity index (χ2v) is 5.76. The highest BCUT2D eigenvalue weighted by Crippen LogP contribution is 2.32. The topological polar surface area (TPSA) is 29.3 Å². The van der Waals surface area contributed by atoms with Crippen LogP contribution in [0.15, 0.2) is 18.2 Å². The Hall–Kier alpha value is -0.640. The molecule has 1 aromatic rings. The first-order valence-corrected chi connectivity index (χ1v) is 6.79. The fourth-order valence-electron chi connectivity index (χ4n) is 2.67. The number of halogens is 2. The molecule has 18 heavy (non-hydrogen) atoms. The first-order valence-electron chi connectivity index (χ1n) is 6.42. The molecule has 2 N–H and O–H groups in total. The first-order chi connectivity index (χ1) is 8.52. The summed E-state index contributed by atoms with van der Waals surface area (Å²) in [4.78, 5) is 2.28. The van der Waals surface area contributed by atoms with Crippen LogP contribution in [-0.2, 0) is 0 Å². The third-order valence-corrected chi connectivity index (χ3v) is 4.24. The number of likely N-dealkylation sites (tertiary alicyclic amines) is 1. The van der Waals surface area contributed by atoms with E-state index in [2.05, 4.69) is 18.7 Å². The zero-order valence-electron chi connectivity index (χ0n) is 10.9. The second-order valence-electron chi connectivity index (χ2n) is 5.33. The van der Waals surface area contributed by atoms with Gasteiger partial charge in [0.05, 0.1) is 0 Å². The SMILES string of the molecule is CC1CN(C(CN)c2ccc(Cl)cc2F)CC1C. The molecule has 1 aliphatic heterocycles. The van der Waals surface area contributed by atoms with Gasteiger partial charge in [-0.1, -0.05) is 31.5 Å². The van der Waals surface area contributed by atoms with E-state index in [1.165, 1.54) is 6.07 Å². The van der Waals surface area contributed by atoms with Crippen molar-refractivity contribution in [3.8, 4) is 0 Å². The smallest absolute Gasteiger partial charge is 0.129 e. The standard InChI is InChI=1S/C14H20ClFN2/c1-9-7-18(8-10(9)2)14(6-17)12-4-3-11(15)5-13(12)16/h3-5,9-10,14H,6-8,17H2,1-2H3. The molecular weight excluding hydrogens is 251 g/mol. The minimum absolute atomic E-state index is 0.0466. The average molecular weight is 271 g/mol. The van der Waals surface area contributed by atoms with Gasteiger partial charge in [0.1, 0.15) is 5.82 Å². The van der Waals surface area contributed by atoms with Crippen molar-refractivity contribution in [3.05, 3.63) is 34.6 Å². The molecule has 0 aromatic heterocycles. The third-order valence-electron chi connectivity index (χ3n) is 4.00. The number of benzene rings is 1. The van der Waals surface area contributed by atoms with Gasteiger partial charge in [-0.25, -0.2) is 4.39 Å². The van der Waals surface area contributed by atoms with Crippen molar-refractivity contribution in [3.63, 3.8) is 0 Å². The summed E-state index contributed by atoms with van der Waals surface area (Å²) < 4.78 is 14.0. The monoisotopic (exact) mass is 270 g/mol. The van der Waals surface area contributed by atoms with Crippen LogP contribution in [0.2, 0.25) is 5.02 Å². The van der Waals surface area contributed by atoms with Crippen molar-refractivity contribution in [1.29, 1.82) is 0 Å². The third kappa shape index (κ3) is 2.68. The van der Waals surface area contributed by atoms with Crippen LogP contribution < -0.4 is 5.73 Å². The minimum Gasteiger partial charge on any atom is -0.329 e. The van der Waals surface area contributed by atoms with Gasteiger partial charge in [0, 0.05) is 36.3 Å². The van der Waals surface area contributed by atoms with E-state index in [0.717, 1.165) is 13.1 Å². The van der Waals surface area contributed by atoms with Gasteiger partial charge in [-0.2, -0.15) is 0 Å². The van der Waals surface area contributed by atoms with Crippen LogP contribution in [0.5, 0.6) is 0 Å². The average Bonchev–Trinajstić information content (AvgIpc) is 2.63. The molecule has 1 aromatic carbocycles. The second kappa shape index (κ2) is 5.55. The Kier molecular flexibility index (Phi) is 4.25. The van der Waals surface area contributed by atoms with Crippen LogP contribution in [0, 0.1) is 17.7 Å². The van der Waals surface area contributed by atoms with Crippen LogP contribution in [0.4, 0.5) is 4.39 Å². The molecule has 0 aliphatic carbocycles. The molecule has 4 heteroatoms. The maximum absolute atomic E-state index is 14.0. The van der Waals surface area contributed by atoms with E-state index in [4.69, 9.17) is 17.3 Å². The normalized spacial score (nSPS) is 26.5. The molecule has 0 spiro atoms. The van der Waals surface area contributed by atoms with Gasteiger partial charge in [0.15, 0.2) is 0 Å². The predicted octanol–water partition coefficient (Wildman–Crippen LogP) is 3.07. The Morgan fingerprint density at radius 3 is 2.50 bits per heavy atom. The lowest BCUT2D eigenvalue weighted by atomic mass is 10.0. The zero-order valence-corrected chi connectivity index (χ0v) is 11.6. The number of nitrogens with two attached hydrogens (primary N) is 1. The Labute approximate surface area is 113 Å². The number of hydrogen-bond donors (Lipinski definition) is 1. The first kappa shape index (κ1) is 13.8. The predicted molar refractivity (Wildman–Crippen MR) is 73.1 cm³/mol. The Morgan fingerprint density at radius 2 is 2.00 bits per heavy atom. The van der Waals surface area contributed by atoms with Crippen molar-refractivity contribution >= 4 is 11.6 Å². The Bertz CT molecular complexity index is 414. The van der Waals surface area contributed by atoms with E-state index in [9.17, 15) is 4.39 Å². The molecule has 1 saturated heterocycles. The summed E-state index contributed by atoms with van der Waals surface area (Å²) in [5, 5.41) is 0.426. The maximum atomic E-state index is 14.0. The van der Waals surface area contributed by atoms with E-state index in [1.807, 2.05) is 0 Å². The quantitative estimate of drug-likeness (QED) is 0.915. The summed E-state index contributed by atoms with van der Waals surface area (Å²) in [6, 6.07) is 4.80. The summed E-state index contributed by atoms with van der Waals surface area (Å²) in [5.41, 5.74) is 6.50. The molecule has 3 atom stereocenters. The number of rotatable bonds is 3. The molecular formula is C14H20ClFN2. The van der Waals surface area contributed by atoms with E-state index < -0.39 is 0 Å². The molecule has 100 valence electrons. The summed E-state index contributed by atoms with van der Waals surface area (Å²) in [6.07, 6.45) is 0. The van der Waals surface area contributed by atoms with Crippen LogP contribution >= 0.6 is 11.6 Å². The molecule has 0 amide bonds. The Morgan fingerprint density at radius 1 is 1.39 bits per heavy atom. The summed E-state index contributed by atoms with van der Waals surface area (Å²) in [5.74, 6) is 1.01. The van der Waals surface area contributed by atoms with Crippen molar-refractivity contribution in [2.24, 2.45) is 17.6 Å². The van der Waals surface area contributed by atoms with Crippen LogP contribution in [0.25, 0.3) is 0 Å². The van der Waals surface area contributed by atoms with E-state index in [-0.39, 0.29) is 11.9 Å². The van der Waals surface area contributed by atoms with Crippen molar-refractivity contribution in [1.82, 2.24) is 4.90 Å². The molecule has 0 bridgehead atoms. The number of nitrogens with zero attached hydrogens (tertiary/aromatic N) is 1. The molecule has 1 aliphatic rings. The molecule has 2 rings (SSSR count). The molecule has 3 unspecified atom stereocenters.